The maximum atomic E-state index is 11.3. The lowest BCUT2D eigenvalue weighted by Crippen LogP contribution is -2.29. The highest BCUT2D eigenvalue weighted by atomic mass is 16.2. The number of carbonyl (C=O) groups is 1. The molecule has 4 aromatic rings. The van der Waals surface area contributed by atoms with Crippen molar-refractivity contribution in [3.63, 3.8) is 0 Å². The zero-order valence-corrected chi connectivity index (χ0v) is 20.6. The van der Waals surface area contributed by atoms with Gasteiger partial charge in [-0.05, 0) is 74.7 Å². The third-order valence-electron chi connectivity index (χ3n) is 6.60. The lowest BCUT2D eigenvalue weighted by Gasteiger charge is -2.25. The molecular formula is C30H33N5O. The van der Waals surface area contributed by atoms with Crippen LogP contribution in [0.2, 0.25) is 0 Å². The van der Waals surface area contributed by atoms with Crippen molar-refractivity contribution in [2.75, 3.05) is 18.4 Å². The van der Waals surface area contributed by atoms with Crippen LogP contribution in [0.1, 0.15) is 49.1 Å². The minimum atomic E-state index is 0.168. The van der Waals surface area contributed by atoms with Crippen molar-refractivity contribution in [3.8, 4) is 0 Å². The topological polar surface area (TPSA) is 73.9 Å². The molecule has 1 aliphatic carbocycles. The summed E-state index contributed by atoms with van der Waals surface area (Å²) in [5.41, 5.74) is 5.17. The molecule has 36 heavy (non-hydrogen) atoms. The molecule has 0 radical (unpaired) electrons. The maximum absolute atomic E-state index is 11.3. The first-order valence-electron chi connectivity index (χ1n) is 12.9. The number of aromatic nitrogens is 3. The Labute approximate surface area is 212 Å². The number of piperidine rings is 1. The van der Waals surface area contributed by atoms with Crippen LogP contribution in [0.3, 0.4) is 0 Å². The monoisotopic (exact) mass is 479 g/mol. The van der Waals surface area contributed by atoms with Crippen LogP contribution >= 0.6 is 0 Å². The van der Waals surface area contributed by atoms with Crippen molar-refractivity contribution in [2.45, 2.75) is 38.6 Å². The van der Waals surface area contributed by atoms with Crippen LogP contribution in [0.5, 0.6) is 0 Å². The van der Waals surface area contributed by atoms with Crippen LogP contribution in [0.4, 0.5) is 5.69 Å². The van der Waals surface area contributed by atoms with E-state index in [2.05, 4.69) is 49.7 Å². The molecule has 1 amide bonds. The molecule has 1 aliphatic heterocycles. The van der Waals surface area contributed by atoms with E-state index in [1.165, 1.54) is 32.4 Å². The van der Waals surface area contributed by atoms with Gasteiger partial charge in [0, 0.05) is 29.7 Å². The maximum Gasteiger partial charge on any atom is 0.227 e. The molecule has 6 heteroatoms. The third-order valence-corrected chi connectivity index (χ3v) is 6.60. The Hall–Kier alpha value is -3.77. The number of aromatic amines is 1. The van der Waals surface area contributed by atoms with Gasteiger partial charge in [0.2, 0.25) is 5.91 Å². The molecule has 2 aromatic carbocycles. The van der Waals surface area contributed by atoms with Gasteiger partial charge >= 0.3 is 0 Å². The minimum Gasteiger partial charge on any atom is -0.326 e. The number of nitrogens with one attached hydrogen (secondary N) is 2. The fraction of sp³-hybridized carbons (Fsp3) is 0.300. The quantitative estimate of drug-likeness (QED) is 0.348. The van der Waals surface area contributed by atoms with Gasteiger partial charge in [0.25, 0.3) is 0 Å². The third kappa shape index (κ3) is 6.67. The van der Waals surface area contributed by atoms with Crippen molar-refractivity contribution >= 4 is 34.6 Å². The molecule has 1 saturated carbocycles. The molecule has 3 heterocycles. The van der Waals surface area contributed by atoms with Gasteiger partial charge in [0.15, 0.2) is 0 Å². The summed E-state index contributed by atoms with van der Waals surface area (Å²) in [6, 6.07) is 22.0. The highest BCUT2D eigenvalue weighted by molar-refractivity contribution is 5.94. The molecule has 0 bridgehead atoms. The fourth-order valence-electron chi connectivity index (χ4n) is 4.37. The predicted molar refractivity (Wildman–Crippen MR) is 146 cm³/mol. The second-order valence-electron chi connectivity index (χ2n) is 9.54. The zero-order valence-electron chi connectivity index (χ0n) is 20.6. The van der Waals surface area contributed by atoms with Crippen LogP contribution in [-0.4, -0.2) is 39.1 Å². The Balaban J connectivity index is 0.000000186. The number of benzene rings is 2. The van der Waals surface area contributed by atoms with Gasteiger partial charge in [-0.2, -0.15) is 5.10 Å². The van der Waals surface area contributed by atoms with E-state index in [1.807, 2.05) is 60.8 Å². The number of amides is 1. The van der Waals surface area contributed by atoms with Gasteiger partial charge in [-0.1, -0.05) is 55.0 Å². The normalized spacial score (nSPS) is 16.0. The van der Waals surface area contributed by atoms with Gasteiger partial charge in [0.05, 0.1) is 16.9 Å². The highest BCUT2D eigenvalue weighted by Crippen LogP contribution is 2.30. The first-order valence-corrected chi connectivity index (χ1v) is 12.9. The van der Waals surface area contributed by atoms with E-state index < -0.39 is 0 Å². The van der Waals surface area contributed by atoms with Gasteiger partial charge in [-0.15, -0.1) is 0 Å². The number of rotatable bonds is 6. The highest BCUT2D eigenvalue weighted by Gasteiger charge is 2.29. The molecule has 0 spiro atoms. The van der Waals surface area contributed by atoms with E-state index in [0.717, 1.165) is 52.9 Å². The van der Waals surface area contributed by atoms with Crippen LogP contribution in [0, 0.1) is 5.92 Å². The van der Waals surface area contributed by atoms with Crippen LogP contribution in [0.15, 0.2) is 72.9 Å². The molecule has 6 rings (SSSR count). The number of H-pyrrole nitrogens is 1. The number of likely N-dealkylation sites (tertiary alicyclic amines) is 1. The SMILES string of the molecule is C(=C\c1n[nH]c2ccccc12)/c1ccc(CN2CCCCC2)nc1.O=C(Nc1ccccc1)C1CC1. The Kier molecular flexibility index (Phi) is 7.83. The summed E-state index contributed by atoms with van der Waals surface area (Å²) >= 11 is 0. The fourth-order valence-corrected chi connectivity index (χ4v) is 4.37. The molecule has 2 aliphatic rings. The lowest BCUT2D eigenvalue weighted by atomic mass is 10.1. The van der Waals surface area contributed by atoms with E-state index in [4.69, 9.17) is 0 Å². The van der Waals surface area contributed by atoms with Crippen molar-refractivity contribution in [1.82, 2.24) is 20.1 Å². The first-order chi connectivity index (χ1) is 17.7. The van der Waals surface area contributed by atoms with Gasteiger partial charge in [-0.25, -0.2) is 0 Å². The van der Waals surface area contributed by atoms with Crippen molar-refractivity contribution < 1.29 is 4.79 Å². The predicted octanol–water partition coefficient (Wildman–Crippen LogP) is 6.15. The molecule has 184 valence electrons. The summed E-state index contributed by atoms with van der Waals surface area (Å²) in [5.74, 6) is 0.450. The zero-order chi connectivity index (χ0) is 24.6. The number of pyridine rings is 1. The summed E-state index contributed by atoms with van der Waals surface area (Å²) in [4.78, 5) is 18.4. The van der Waals surface area contributed by atoms with Crippen molar-refractivity contribution in [2.24, 2.45) is 5.92 Å². The van der Waals surface area contributed by atoms with Crippen LogP contribution in [-0.2, 0) is 11.3 Å². The first kappa shape index (κ1) is 23.9. The number of hydrogen-bond acceptors (Lipinski definition) is 4. The van der Waals surface area contributed by atoms with Gasteiger partial charge in [0.1, 0.15) is 0 Å². The minimum absolute atomic E-state index is 0.168. The van der Waals surface area contributed by atoms with E-state index in [9.17, 15) is 4.79 Å². The average Bonchev–Trinajstić information content (AvgIpc) is 3.71. The second-order valence-corrected chi connectivity index (χ2v) is 9.54. The molecule has 1 saturated heterocycles. The molecule has 2 fully saturated rings. The summed E-state index contributed by atoms with van der Waals surface area (Å²) in [5, 5.41) is 11.4. The van der Waals surface area contributed by atoms with Crippen molar-refractivity contribution in [1.29, 1.82) is 0 Å². The Morgan fingerprint density at radius 3 is 2.47 bits per heavy atom. The van der Waals surface area contributed by atoms with Crippen LogP contribution in [0.25, 0.3) is 23.1 Å². The number of carbonyl (C=O) groups excluding carboxylic acids is 1. The summed E-state index contributed by atoms with van der Waals surface area (Å²) < 4.78 is 0. The number of nitrogens with zero attached hydrogens (tertiary/aromatic N) is 3. The van der Waals surface area contributed by atoms with E-state index in [1.54, 1.807) is 0 Å². The molecule has 6 nitrogen and oxygen atoms in total. The lowest BCUT2D eigenvalue weighted by molar-refractivity contribution is -0.117. The molecule has 0 unspecified atom stereocenters. The summed E-state index contributed by atoms with van der Waals surface area (Å²) in [6.45, 7) is 3.37. The van der Waals surface area contributed by atoms with Crippen LogP contribution < -0.4 is 5.32 Å². The molecular weight excluding hydrogens is 446 g/mol. The summed E-state index contributed by atoms with van der Waals surface area (Å²) in [7, 11) is 0. The standard InChI is InChI=1S/C20H22N4.C10H11NO/c1-4-12-24(13-5-1)15-17-10-8-16(14-21-17)9-11-20-18-6-2-3-7-19(18)22-23-20;12-10(8-6-7-8)11-9-4-2-1-3-5-9/h2-3,6-11,14H,1,4-5,12-13,15H2,(H,22,23);1-5,8H,6-7H2,(H,11,12)/b11-9+;. The smallest absolute Gasteiger partial charge is 0.227 e. The second kappa shape index (κ2) is 11.8. The van der Waals surface area contributed by atoms with Crippen molar-refractivity contribution in [3.05, 3.63) is 89.9 Å². The number of para-hydroxylation sites is 2. The van der Waals surface area contributed by atoms with E-state index in [0.29, 0.717) is 0 Å². The molecule has 2 N–H and O–H groups in total. The van der Waals surface area contributed by atoms with Gasteiger partial charge < -0.3 is 5.32 Å². The largest absolute Gasteiger partial charge is 0.326 e. The molecule has 0 atom stereocenters. The average molecular weight is 480 g/mol. The number of fused-ring (bicyclic) bond motifs is 1. The van der Waals surface area contributed by atoms with E-state index >= 15 is 0 Å². The summed E-state index contributed by atoms with van der Waals surface area (Å²) in [6.07, 6.45) is 12.2. The number of hydrogen-bond donors (Lipinski definition) is 2. The Morgan fingerprint density at radius 2 is 1.72 bits per heavy atom. The Morgan fingerprint density at radius 1 is 0.944 bits per heavy atom. The van der Waals surface area contributed by atoms with Gasteiger partial charge in [-0.3, -0.25) is 19.8 Å². The number of anilines is 1. The molecule has 2 aromatic heterocycles. The Bertz CT molecular complexity index is 1290. The van der Waals surface area contributed by atoms with E-state index in [-0.39, 0.29) is 11.8 Å².